The summed E-state index contributed by atoms with van der Waals surface area (Å²) in [6, 6.07) is 29.1. The van der Waals surface area contributed by atoms with Crippen LogP contribution in [0.3, 0.4) is 0 Å². The van der Waals surface area contributed by atoms with Crippen LogP contribution in [-0.4, -0.2) is 23.5 Å². The van der Waals surface area contributed by atoms with Gasteiger partial charge >= 0.3 is 5.97 Å². The third-order valence-electron chi connectivity index (χ3n) is 8.58. The number of ketones is 1. The first-order valence-corrected chi connectivity index (χ1v) is 14.8. The molecule has 0 saturated heterocycles. The van der Waals surface area contributed by atoms with Crippen LogP contribution in [0.4, 0.5) is 11.4 Å². The topological polar surface area (TPSA) is 87.7 Å². The molecule has 3 N–H and O–H groups in total. The highest BCUT2D eigenvalue weighted by Gasteiger charge is 2.30. The molecule has 4 aromatic rings. The molecule has 216 valence electrons. The fraction of sp³-hybridized carbons (Fsp3) is 0.158. The van der Waals surface area contributed by atoms with Gasteiger partial charge in [-0.2, -0.15) is 0 Å². The average molecular weight is 579 g/mol. The van der Waals surface area contributed by atoms with Crippen LogP contribution < -0.4 is 10.6 Å². The molecule has 0 unspecified atom stereocenters. The summed E-state index contributed by atoms with van der Waals surface area (Å²) in [5, 5.41) is 16.1. The Morgan fingerprint density at radius 2 is 1.18 bits per heavy atom. The molecule has 0 heterocycles. The Morgan fingerprint density at radius 3 is 1.73 bits per heavy atom. The first-order chi connectivity index (χ1) is 21.5. The van der Waals surface area contributed by atoms with E-state index < -0.39 is 11.8 Å². The van der Waals surface area contributed by atoms with Crippen molar-refractivity contribution < 1.29 is 19.4 Å². The number of ether oxygens (including phenoxy) is 1. The van der Waals surface area contributed by atoms with E-state index >= 15 is 0 Å². The van der Waals surface area contributed by atoms with E-state index in [1.165, 1.54) is 44.5 Å². The summed E-state index contributed by atoms with van der Waals surface area (Å²) in [5.41, 5.74) is 13.4. The minimum atomic E-state index is -0.504. The number of carbonyl (C=O) groups is 2. The lowest BCUT2D eigenvalue weighted by atomic mass is 9.90. The Balaban J connectivity index is 1.21. The molecule has 0 spiro atoms. The van der Waals surface area contributed by atoms with E-state index in [1.54, 1.807) is 13.0 Å². The summed E-state index contributed by atoms with van der Waals surface area (Å²) in [7, 11) is 0. The Hall–Kier alpha value is -5.54. The van der Waals surface area contributed by atoms with Crippen molar-refractivity contribution in [2.75, 3.05) is 17.2 Å². The molecule has 6 heteroatoms. The highest BCUT2D eigenvalue weighted by atomic mass is 16.5. The Morgan fingerprint density at radius 1 is 0.682 bits per heavy atom. The molecule has 0 saturated carbocycles. The normalized spacial score (nSPS) is 14.1. The zero-order valence-electron chi connectivity index (χ0n) is 24.3. The molecule has 0 bridgehead atoms. The van der Waals surface area contributed by atoms with Gasteiger partial charge in [-0.3, -0.25) is 4.79 Å². The first kappa shape index (κ1) is 27.3. The standard InChI is InChI=1S/C38H30N2O4/c1-2-44-38(43)34-22-35(39-27-11-13-31-25(19-27)17-23-7-3-5-9-29(23)31)33(37(42)15-16-41)21-36(34)40-28-12-14-32-26(20-28)18-24-8-4-6-10-30(24)32/h3-14,19-20,39-41H,2,17-18,21-22H2,1H3. The highest BCUT2D eigenvalue weighted by Crippen LogP contribution is 2.41. The lowest BCUT2D eigenvalue weighted by Crippen LogP contribution is -2.24. The molecule has 0 aromatic heterocycles. The van der Waals surface area contributed by atoms with E-state index in [-0.39, 0.29) is 19.4 Å². The van der Waals surface area contributed by atoms with Crippen LogP contribution in [0.2, 0.25) is 0 Å². The molecule has 7 rings (SSSR count). The van der Waals surface area contributed by atoms with Gasteiger partial charge in [-0.05, 0) is 88.5 Å². The van der Waals surface area contributed by atoms with E-state index in [4.69, 9.17) is 4.74 Å². The minimum Gasteiger partial charge on any atom is -0.463 e. The van der Waals surface area contributed by atoms with Gasteiger partial charge in [-0.1, -0.05) is 60.7 Å². The van der Waals surface area contributed by atoms with Crippen molar-refractivity contribution in [1.82, 2.24) is 0 Å². The maximum Gasteiger partial charge on any atom is 0.336 e. The Kier molecular flexibility index (Phi) is 7.00. The molecule has 0 fully saturated rings. The first-order valence-electron chi connectivity index (χ1n) is 14.8. The van der Waals surface area contributed by atoms with E-state index in [0.717, 1.165) is 24.2 Å². The molecule has 3 aliphatic carbocycles. The van der Waals surface area contributed by atoms with Gasteiger partial charge in [0.25, 0.3) is 0 Å². The number of benzene rings is 4. The zero-order valence-corrected chi connectivity index (χ0v) is 24.3. The summed E-state index contributed by atoms with van der Waals surface area (Å²) in [5.74, 6) is 1.34. The molecule has 4 aromatic carbocycles. The number of anilines is 2. The molecule has 0 aliphatic heterocycles. The second kappa shape index (κ2) is 11.3. The van der Waals surface area contributed by atoms with Gasteiger partial charge in [0, 0.05) is 47.1 Å². The fourth-order valence-corrected chi connectivity index (χ4v) is 6.57. The van der Waals surface area contributed by atoms with Crippen LogP contribution in [-0.2, 0) is 27.2 Å². The van der Waals surface area contributed by atoms with E-state index in [2.05, 4.69) is 71.2 Å². The van der Waals surface area contributed by atoms with Crippen molar-refractivity contribution in [3.05, 3.63) is 130 Å². The zero-order chi connectivity index (χ0) is 30.2. The van der Waals surface area contributed by atoms with Crippen LogP contribution in [0.25, 0.3) is 22.3 Å². The van der Waals surface area contributed by atoms with Crippen LogP contribution in [0, 0.1) is 12.0 Å². The largest absolute Gasteiger partial charge is 0.463 e. The van der Waals surface area contributed by atoms with E-state index in [0.29, 0.717) is 22.5 Å². The summed E-state index contributed by atoms with van der Waals surface area (Å²) < 4.78 is 5.46. The molecule has 6 nitrogen and oxygen atoms in total. The van der Waals surface area contributed by atoms with Gasteiger partial charge in [0.2, 0.25) is 5.78 Å². The summed E-state index contributed by atoms with van der Waals surface area (Å²) in [6.45, 7) is 2.00. The van der Waals surface area contributed by atoms with Gasteiger partial charge < -0.3 is 20.5 Å². The second-order valence-electron chi connectivity index (χ2n) is 11.2. The average Bonchev–Trinajstić information content (AvgIpc) is 3.59. The number of fused-ring (bicyclic) bond motifs is 6. The lowest BCUT2D eigenvalue weighted by Gasteiger charge is -2.26. The third kappa shape index (κ3) is 4.93. The predicted molar refractivity (Wildman–Crippen MR) is 171 cm³/mol. The summed E-state index contributed by atoms with van der Waals surface area (Å²) in [4.78, 5) is 26.5. The van der Waals surface area contributed by atoms with Crippen molar-refractivity contribution in [2.45, 2.75) is 32.6 Å². The van der Waals surface area contributed by atoms with Gasteiger partial charge in [0.1, 0.15) is 6.11 Å². The highest BCUT2D eigenvalue weighted by molar-refractivity contribution is 6.10. The molecule has 3 aliphatic rings. The van der Waals surface area contributed by atoms with Crippen LogP contribution in [0.15, 0.2) is 107 Å². The maximum absolute atomic E-state index is 13.3. The lowest BCUT2D eigenvalue weighted by molar-refractivity contribution is -0.138. The molecule has 0 radical (unpaired) electrons. The van der Waals surface area contributed by atoms with Crippen LogP contribution >= 0.6 is 0 Å². The van der Waals surface area contributed by atoms with E-state index in [9.17, 15) is 14.7 Å². The number of esters is 1. The second-order valence-corrected chi connectivity index (χ2v) is 11.2. The quantitative estimate of drug-likeness (QED) is 0.138. The number of aliphatic hydroxyl groups excluding tert-OH is 1. The number of Topliss-reactive ketones (excluding diaryl/α,β-unsaturated/α-hetero) is 1. The van der Waals surface area contributed by atoms with Gasteiger partial charge in [0.15, 0.2) is 0 Å². The van der Waals surface area contributed by atoms with Crippen molar-refractivity contribution in [2.24, 2.45) is 0 Å². The van der Waals surface area contributed by atoms with Crippen LogP contribution in [0.1, 0.15) is 42.0 Å². The number of nitrogens with one attached hydrogen (secondary N) is 2. The SMILES string of the molecule is CCOC(=O)C1=C(Nc2ccc3c(c2)Cc2ccccc2-3)CC(C(=O)C#CO)=C(Nc2ccc3c(c2)Cc2ccccc2-3)C1. The number of carbonyl (C=O) groups excluding carboxylic acids is 2. The maximum atomic E-state index is 13.3. The van der Waals surface area contributed by atoms with Gasteiger partial charge in [0.05, 0.1) is 12.2 Å². The molecule has 0 atom stereocenters. The van der Waals surface area contributed by atoms with Gasteiger partial charge in [-0.15, -0.1) is 0 Å². The molecule has 44 heavy (non-hydrogen) atoms. The van der Waals surface area contributed by atoms with Crippen molar-refractivity contribution in [3.8, 4) is 34.3 Å². The summed E-state index contributed by atoms with van der Waals surface area (Å²) >= 11 is 0. The third-order valence-corrected chi connectivity index (χ3v) is 8.58. The predicted octanol–water partition coefficient (Wildman–Crippen LogP) is 7.12. The number of rotatable bonds is 7. The number of aliphatic hydroxyl groups is 1. The number of hydrogen-bond donors (Lipinski definition) is 3. The van der Waals surface area contributed by atoms with Crippen LogP contribution in [0.5, 0.6) is 0 Å². The van der Waals surface area contributed by atoms with Gasteiger partial charge in [-0.25, -0.2) is 4.79 Å². The fourth-order valence-electron chi connectivity index (χ4n) is 6.57. The minimum absolute atomic E-state index is 0.123. The van der Waals surface area contributed by atoms with Crippen molar-refractivity contribution >= 4 is 23.1 Å². The smallest absolute Gasteiger partial charge is 0.336 e. The van der Waals surface area contributed by atoms with Crippen molar-refractivity contribution in [1.29, 1.82) is 0 Å². The number of allylic oxidation sites excluding steroid dienone is 2. The monoisotopic (exact) mass is 578 g/mol. The van der Waals surface area contributed by atoms with E-state index in [1.807, 2.05) is 30.3 Å². The molecule has 0 amide bonds. The van der Waals surface area contributed by atoms with Crippen molar-refractivity contribution in [3.63, 3.8) is 0 Å². The number of hydrogen-bond acceptors (Lipinski definition) is 6. The molecular formula is C38H30N2O4. The molecular weight excluding hydrogens is 548 g/mol. The summed E-state index contributed by atoms with van der Waals surface area (Å²) in [6.07, 6.45) is 3.69. The Bertz CT molecular complexity index is 1990. The Labute approximate surface area is 256 Å².